The number of hydrogen-bond donors (Lipinski definition) is 0. The molecule has 1 aliphatic carbocycles. The van der Waals surface area contributed by atoms with Crippen LogP contribution in [0.15, 0.2) is 152 Å². The van der Waals surface area contributed by atoms with Crippen LogP contribution < -0.4 is 4.90 Å². The summed E-state index contributed by atoms with van der Waals surface area (Å²) in [6.45, 7) is 4.75. The maximum Gasteiger partial charge on any atom is 0.0468 e. The third-order valence-corrected chi connectivity index (χ3v) is 10.8. The van der Waals surface area contributed by atoms with E-state index in [0.717, 1.165) is 11.4 Å². The van der Waals surface area contributed by atoms with Gasteiger partial charge < -0.3 is 4.90 Å². The molecule has 0 N–H and O–H groups in total. The van der Waals surface area contributed by atoms with Crippen LogP contribution in [0.1, 0.15) is 25.0 Å². The number of benzene rings is 7. The van der Waals surface area contributed by atoms with E-state index >= 15 is 0 Å². The van der Waals surface area contributed by atoms with Crippen LogP contribution in [-0.4, -0.2) is 0 Å². The van der Waals surface area contributed by atoms with Crippen molar-refractivity contribution in [2.75, 3.05) is 4.90 Å². The smallest absolute Gasteiger partial charge is 0.0468 e. The normalized spacial score (nSPS) is 13.3. The Morgan fingerprint density at radius 1 is 0.444 bits per heavy atom. The molecule has 0 saturated carbocycles. The van der Waals surface area contributed by atoms with Crippen LogP contribution in [0, 0.1) is 0 Å². The molecule has 0 spiro atoms. The van der Waals surface area contributed by atoms with Gasteiger partial charge in [0.1, 0.15) is 0 Å². The van der Waals surface area contributed by atoms with Gasteiger partial charge in [-0.3, -0.25) is 0 Å². The highest BCUT2D eigenvalue weighted by atomic mass is 32.1. The van der Waals surface area contributed by atoms with Crippen LogP contribution in [0.4, 0.5) is 17.1 Å². The molecular formula is C43H31NS. The predicted octanol–water partition coefficient (Wildman–Crippen LogP) is 12.7. The van der Waals surface area contributed by atoms with Crippen molar-refractivity contribution < 1.29 is 0 Å². The Labute approximate surface area is 267 Å². The predicted molar refractivity (Wildman–Crippen MR) is 195 cm³/mol. The zero-order valence-electron chi connectivity index (χ0n) is 25.3. The zero-order chi connectivity index (χ0) is 30.1. The maximum absolute atomic E-state index is 2.46. The molecular weight excluding hydrogens is 563 g/mol. The molecule has 9 rings (SSSR count). The largest absolute Gasteiger partial charge is 0.310 e. The molecule has 214 valence electrons. The fourth-order valence-corrected chi connectivity index (χ4v) is 8.42. The fraction of sp³-hybridized carbons (Fsp3) is 0.0698. The van der Waals surface area contributed by atoms with E-state index in [2.05, 4.69) is 170 Å². The number of thiophene rings is 1. The van der Waals surface area contributed by atoms with Gasteiger partial charge in [0.2, 0.25) is 0 Å². The first kappa shape index (κ1) is 26.2. The topological polar surface area (TPSA) is 3.24 Å². The van der Waals surface area contributed by atoms with E-state index in [1.54, 1.807) is 0 Å². The van der Waals surface area contributed by atoms with E-state index < -0.39 is 0 Å². The lowest BCUT2D eigenvalue weighted by molar-refractivity contribution is 0.661. The fourth-order valence-electron chi connectivity index (χ4n) is 7.29. The quantitative estimate of drug-likeness (QED) is 0.196. The van der Waals surface area contributed by atoms with Gasteiger partial charge in [-0.25, -0.2) is 0 Å². The highest BCUT2D eigenvalue weighted by molar-refractivity contribution is 7.25. The Hall–Kier alpha value is -5.18. The van der Waals surface area contributed by atoms with Crippen molar-refractivity contribution in [3.63, 3.8) is 0 Å². The lowest BCUT2D eigenvalue weighted by Crippen LogP contribution is -2.15. The monoisotopic (exact) mass is 593 g/mol. The Morgan fingerprint density at radius 3 is 1.96 bits per heavy atom. The van der Waals surface area contributed by atoms with Crippen molar-refractivity contribution in [2.24, 2.45) is 0 Å². The first-order valence-electron chi connectivity index (χ1n) is 15.6. The van der Waals surface area contributed by atoms with E-state index in [9.17, 15) is 0 Å². The van der Waals surface area contributed by atoms with Crippen LogP contribution in [0.25, 0.3) is 53.2 Å². The average molecular weight is 594 g/mol. The number of anilines is 3. The molecule has 0 amide bonds. The third-order valence-electron chi connectivity index (χ3n) is 9.64. The Bertz CT molecular complexity index is 2400. The molecule has 8 aromatic rings. The van der Waals surface area contributed by atoms with Gasteiger partial charge in [0.05, 0.1) is 0 Å². The Balaban J connectivity index is 1.17. The first-order chi connectivity index (χ1) is 22.0. The SMILES string of the molecule is CC1(C)c2ccc(N(c3ccccc3)c3ccc(-c4ccc5ccccc5c4)cc3)cc2-c2cc3sc4ccccc4c3cc21. The van der Waals surface area contributed by atoms with E-state index in [1.165, 1.54) is 70.0 Å². The van der Waals surface area contributed by atoms with Crippen molar-refractivity contribution >= 4 is 59.3 Å². The number of hydrogen-bond acceptors (Lipinski definition) is 2. The minimum Gasteiger partial charge on any atom is -0.310 e. The summed E-state index contributed by atoms with van der Waals surface area (Å²) < 4.78 is 2.71. The minimum absolute atomic E-state index is 0.0699. The molecule has 2 heteroatoms. The highest BCUT2D eigenvalue weighted by Gasteiger charge is 2.36. The molecule has 0 fully saturated rings. The molecule has 1 nitrogen and oxygen atoms in total. The summed E-state index contributed by atoms with van der Waals surface area (Å²) in [6.07, 6.45) is 0. The van der Waals surface area contributed by atoms with Crippen molar-refractivity contribution in [1.82, 2.24) is 0 Å². The van der Waals surface area contributed by atoms with Gasteiger partial charge in [0, 0.05) is 42.6 Å². The lowest BCUT2D eigenvalue weighted by Gasteiger charge is -2.27. The summed E-state index contributed by atoms with van der Waals surface area (Å²) in [7, 11) is 0. The summed E-state index contributed by atoms with van der Waals surface area (Å²) in [4.78, 5) is 2.38. The highest BCUT2D eigenvalue weighted by Crippen LogP contribution is 2.53. The molecule has 0 saturated heterocycles. The van der Waals surface area contributed by atoms with Crippen molar-refractivity contribution in [1.29, 1.82) is 0 Å². The third kappa shape index (κ3) is 4.13. The van der Waals surface area contributed by atoms with Gasteiger partial charge in [-0.2, -0.15) is 0 Å². The summed E-state index contributed by atoms with van der Waals surface area (Å²) in [5.41, 5.74) is 11.3. The zero-order valence-corrected chi connectivity index (χ0v) is 26.1. The van der Waals surface area contributed by atoms with E-state index in [-0.39, 0.29) is 5.41 Å². The molecule has 0 aliphatic heterocycles. The van der Waals surface area contributed by atoms with E-state index in [4.69, 9.17) is 0 Å². The van der Waals surface area contributed by atoms with Gasteiger partial charge in [0.25, 0.3) is 0 Å². The second-order valence-electron chi connectivity index (χ2n) is 12.6. The van der Waals surface area contributed by atoms with Gasteiger partial charge >= 0.3 is 0 Å². The second-order valence-corrected chi connectivity index (χ2v) is 13.7. The van der Waals surface area contributed by atoms with Gasteiger partial charge in [-0.05, 0) is 105 Å². The van der Waals surface area contributed by atoms with Crippen LogP contribution in [0.5, 0.6) is 0 Å². The van der Waals surface area contributed by atoms with E-state index in [0.29, 0.717) is 0 Å². The molecule has 1 aliphatic rings. The van der Waals surface area contributed by atoms with Gasteiger partial charge in [0.15, 0.2) is 0 Å². The van der Waals surface area contributed by atoms with Gasteiger partial charge in [-0.1, -0.05) is 105 Å². The van der Waals surface area contributed by atoms with Crippen molar-refractivity contribution in [3.05, 3.63) is 163 Å². The molecule has 7 aromatic carbocycles. The standard InChI is InChI=1S/C43H31NS/c1-43(2)39-23-22-34(25-36(39)37-27-42-38(26-40(37)43)35-14-8-9-15-41(35)45-42)44(32-12-4-3-5-13-32)33-20-18-29(19-21-33)31-17-16-28-10-6-7-11-30(28)24-31/h3-27H,1-2H3. The minimum atomic E-state index is -0.0699. The van der Waals surface area contributed by atoms with Crippen molar-refractivity contribution in [3.8, 4) is 22.3 Å². The molecule has 45 heavy (non-hydrogen) atoms. The Morgan fingerprint density at radius 2 is 1.11 bits per heavy atom. The molecule has 0 radical (unpaired) electrons. The van der Waals surface area contributed by atoms with Crippen molar-refractivity contribution in [2.45, 2.75) is 19.3 Å². The van der Waals surface area contributed by atoms with Crippen LogP contribution in [0.2, 0.25) is 0 Å². The number of nitrogens with zero attached hydrogens (tertiary/aromatic N) is 1. The molecule has 0 unspecified atom stereocenters. The molecule has 1 heterocycles. The van der Waals surface area contributed by atoms with E-state index in [1.807, 2.05) is 11.3 Å². The van der Waals surface area contributed by atoms with Crippen LogP contribution >= 0.6 is 11.3 Å². The Kier molecular flexibility index (Phi) is 5.78. The molecule has 1 aromatic heterocycles. The summed E-state index contributed by atoms with van der Waals surface area (Å²) in [6, 6.07) is 55.8. The maximum atomic E-state index is 2.46. The summed E-state index contributed by atoms with van der Waals surface area (Å²) in [5, 5.41) is 5.25. The first-order valence-corrected chi connectivity index (χ1v) is 16.4. The number of para-hydroxylation sites is 1. The summed E-state index contributed by atoms with van der Waals surface area (Å²) >= 11 is 1.90. The molecule has 0 atom stereocenters. The van der Waals surface area contributed by atoms with Gasteiger partial charge in [-0.15, -0.1) is 11.3 Å². The number of fused-ring (bicyclic) bond motifs is 7. The average Bonchev–Trinajstić information content (AvgIpc) is 3.56. The molecule has 0 bridgehead atoms. The lowest BCUT2D eigenvalue weighted by atomic mass is 9.82. The summed E-state index contributed by atoms with van der Waals surface area (Å²) in [5.74, 6) is 0. The second kappa shape index (κ2) is 9.92. The van der Waals surface area contributed by atoms with Crippen LogP contribution in [0.3, 0.4) is 0 Å². The van der Waals surface area contributed by atoms with Crippen LogP contribution in [-0.2, 0) is 5.41 Å². The number of rotatable bonds is 4.